The zero-order valence-electron chi connectivity index (χ0n) is 10.9. The maximum absolute atomic E-state index is 11.4. The van der Waals surface area contributed by atoms with Crippen molar-refractivity contribution in [2.24, 2.45) is 5.73 Å². The average molecular weight is 266 g/mol. The zero-order valence-corrected chi connectivity index (χ0v) is 10.9. The van der Waals surface area contributed by atoms with Crippen LogP contribution in [0, 0.1) is 0 Å². The molecule has 0 heterocycles. The summed E-state index contributed by atoms with van der Waals surface area (Å²) in [4.78, 5) is 22.5. The smallest absolute Gasteiger partial charge is 0.326 e. The third kappa shape index (κ3) is 4.59. The van der Waals surface area contributed by atoms with Crippen LogP contribution < -0.4 is 15.8 Å². The highest BCUT2D eigenvalue weighted by molar-refractivity contribution is 5.86. The maximum atomic E-state index is 11.4. The van der Waals surface area contributed by atoms with Gasteiger partial charge in [-0.3, -0.25) is 4.79 Å². The van der Waals surface area contributed by atoms with E-state index in [4.69, 9.17) is 15.6 Å². The summed E-state index contributed by atoms with van der Waals surface area (Å²) >= 11 is 0. The average Bonchev–Trinajstić information content (AvgIpc) is 2.38. The molecule has 0 spiro atoms. The standard InChI is InChI=1S/C13H18N2O4/c1-8(14)12(16)15-11(13(17)18)7-9-3-5-10(19-2)6-4-9/h3-6,8,11H,7,14H2,1-2H3,(H,15,16)(H,17,18)/t8-,11-/m0/s1. The number of benzene rings is 1. The van der Waals surface area contributed by atoms with Crippen LogP contribution in [0.15, 0.2) is 24.3 Å². The number of aliphatic carboxylic acids is 1. The Bertz CT molecular complexity index is 442. The molecule has 0 bridgehead atoms. The van der Waals surface area contributed by atoms with Crippen molar-refractivity contribution in [1.29, 1.82) is 0 Å². The van der Waals surface area contributed by atoms with Gasteiger partial charge in [-0.25, -0.2) is 4.79 Å². The van der Waals surface area contributed by atoms with Gasteiger partial charge in [-0.15, -0.1) is 0 Å². The van der Waals surface area contributed by atoms with Crippen molar-refractivity contribution in [1.82, 2.24) is 5.32 Å². The molecule has 1 rings (SSSR count). The van der Waals surface area contributed by atoms with Gasteiger partial charge in [-0.2, -0.15) is 0 Å². The third-order valence-electron chi connectivity index (χ3n) is 2.63. The molecule has 1 aromatic carbocycles. The molecule has 104 valence electrons. The Kier molecular flexibility index (Phi) is 5.32. The number of carbonyl (C=O) groups excluding carboxylic acids is 1. The van der Waals surface area contributed by atoms with Crippen LogP contribution in [0.3, 0.4) is 0 Å². The van der Waals surface area contributed by atoms with Crippen molar-refractivity contribution in [2.75, 3.05) is 7.11 Å². The number of carbonyl (C=O) groups is 2. The van der Waals surface area contributed by atoms with E-state index in [0.717, 1.165) is 5.56 Å². The monoisotopic (exact) mass is 266 g/mol. The normalized spacial score (nSPS) is 13.4. The molecule has 0 unspecified atom stereocenters. The van der Waals surface area contributed by atoms with Crippen molar-refractivity contribution >= 4 is 11.9 Å². The van der Waals surface area contributed by atoms with Crippen LogP contribution in [-0.4, -0.2) is 36.2 Å². The van der Waals surface area contributed by atoms with Crippen LogP contribution in [0.2, 0.25) is 0 Å². The van der Waals surface area contributed by atoms with Crippen LogP contribution >= 0.6 is 0 Å². The van der Waals surface area contributed by atoms with Crippen molar-refractivity contribution < 1.29 is 19.4 Å². The highest BCUT2D eigenvalue weighted by Crippen LogP contribution is 2.12. The molecule has 6 nitrogen and oxygen atoms in total. The Hall–Kier alpha value is -2.08. The fraction of sp³-hybridized carbons (Fsp3) is 0.385. The van der Waals surface area contributed by atoms with E-state index in [1.165, 1.54) is 6.92 Å². The lowest BCUT2D eigenvalue weighted by Crippen LogP contribution is -2.48. The summed E-state index contributed by atoms with van der Waals surface area (Å²) in [6.07, 6.45) is 0.192. The van der Waals surface area contributed by atoms with Crippen LogP contribution in [0.4, 0.5) is 0 Å². The van der Waals surface area contributed by atoms with Gasteiger partial charge in [-0.05, 0) is 24.6 Å². The first-order valence-corrected chi connectivity index (χ1v) is 5.85. The molecule has 0 saturated carbocycles. The molecule has 0 aromatic heterocycles. The van der Waals surface area contributed by atoms with Gasteiger partial charge in [0.05, 0.1) is 13.2 Å². The van der Waals surface area contributed by atoms with E-state index in [-0.39, 0.29) is 6.42 Å². The molecule has 4 N–H and O–H groups in total. The molecule has 6 heteroatoms. The number of rotatable bonds is 6. The number of carboxylic acid groups (broad SMARTS) is 1. The molecule has 0 saturated heterocycles. The second-order valence-corrected chi connectivity index (χ2v) is 4.24. The molecular formula is C13H18N2O4. The predicted molar refractivity (Wildman–Crippen MR) is 69.9 cm³/mol. The first kappa shape index (κ1) is 15.0. The minimum absolute atomic E-state index is 0.192. The second kappa shape index (κ2) is 6.75. The van der Waals surface area contributed by atoms with Crippen molar-refractivity contribution in [3.8, 4) is 5.75 Å². The van der Waals surface area contributed by atoms with Crippen molar-refractivity contribution in [2.45, 2.75) is 25.4 Å². The summed E-state index contributed by atoms with van der Waals surface area (Å²) in [7, 11) is 1.55. The summed E-state index contributed by atoms with van der Waals surface area (Å²) in [5.41, 5.74) is 6.18. The van der Waals surface area contributed by atoms with Gasteiger partial charge >= 0.3 is 5.97 Å². The fourth-order valence-electron chi connectivity index (χ4n) is 1.50. The molecule has 1 amide bonds. The Morgan fingerprint density at radius 1 is 1.37 bits per heavy atom. The number of amides is 1. The molecule has 19 heavy (non-hydrogen) atoms. The molecule has 0 aliphatic heterocycles. The highest BCUT2D eigenvalue weighted by atomic mass is 16.5. The van der Waals surface area contributed by atoms with Crippen molar-refractivity contribution in [3.05, 3.63) is 29.8 Å². The SMILES string of the molecule is COc1ccc(C[C@H](NC(=O)[C@H](C)N)C(=O)O)cc1. The van der Waals surface area contributed by atoms with E-state index in [0.29, 0.717) is 5.75 Å². The summed E-state index contributed by atoms with van der Waals surface area (Å²) in [5, 5.41) is 11.5. The Balaban J connectivity index is 2.72. The summed E-state index contributed by atoms with van der Waals surface area (Å²) in [6, 6.07) is 5.26. The number of hydrogen-bond donors (Lipinski definition) is 3. The molecule has 0 aliphatic rings. The van der Waals surface area contributed by atoms with E-state index >= 15 is 0 Å². The maximum Gasteiger partial charge on any atom is 0.326 e. The topological polar surface area (TPSA) is 102 Å². The van der Waals surface area contributed by atoms with E-state index in [1.54, 1.807) is 31.4 Å². The Labute approximate surface area is 111 Å². The van der Waals surface area contributed by atoms with Crippen LogP contribution in [0.5, 0.6) is 5.75 Å². The quantitative estimate of drug-likeness (QED) is 0.680. The summed E-state index contributed by atoms with van der Waals surface area (Å²) in [5.74, 6) is -0.888. The number of nitrogens with one attached hydrogen (secondary N) is 1. The van der Waals surface area contributed by atoms with E-state index < -0.39 is 24.0 Å². The number of methoxy groups -OCH3 is 1. The van der Waals surface area contributed by atoms with Crippen molar-refractivity contribution in [3.63, 3.8) is 0 Å². The minimum Gasteiger partial charge on any atom is -0.497 e. The van der Waals surface area contributed by atoms with Crippen LogP contribution in [0.1, 0.15) is 12.5 Å². The zero-order chi connectivity index (χ0) is 14.4. The first-order chi connectivity index (χ1) is 8.93. The summed E-state index contributed by atoms with van der Waals surface area (Å²) in [6.45, 7) is 1.50. The van der Waals surface area contributed by atoms with Gasteiger partial charge < -0.3 is 20.9 Å². The highest BCUT2D eigenvalue weighted by Gasteiger charge is 2.21. The lowest BCUT2D eigenvalue weighted by atomic mass is 10.1. The second-order valence-electron chi connectivity index (χ2n) is 4.24. The molecule has 0 fully saturated rings. The van der Waals surface area contributed by atoms with Gasteiger partial charge in [0, 0.05) is 6.42 Å². The van der Waals surface area contributed by atoms with E-state index in [2.05, 4.69) is 5.32 Å². The van der Waals surface area contributed by atoms with Gasteiger partial charge in [0.25, 0.3) is 0 Å². The Morgan fingerprint density at radius 2 is 1.95 bits per heavy atom. The molecular weight excluding hydrogens is 248 g/mol. The van der Waals surface area contributed by atoms with E-state index in [1.807, 2.05) is 0 Å². The van der Waals surface area contributed by atoms with Gasteiger partial charge in [0.2, 0.25) is 5.91 Å². The lowest BCUT2D eigenvalue weighted by Gasteiger charge is -2.16. The largest absolute Gasteiger partial charge is 0.497 e. The Morgan fingerprint density at radius 3 is 2.37 bits per heavy atom. The fourth-order valence-corrected chi connectivity index (χ4v) is 1.50. The molecule has 1 aromatic rings. The third-order valence-corrected chi connectivity index (χ3v) is 2.63. The summed E-state index contributed by atoms with van der Waals surface area (Å²) < 4.78 is 5.02. The van der Waals surface area contributed by atoms with E-state index in [9.17, 15) is 9.59 Å². The molecule has 0 aliphatic carbocycles. The number of hydrogen-bond acceptors (Lipinski definition) is 4. The van der Waals surface area contributed by atoms with Crippen LogP contribution in [0.25, 0.3) is 0 Å². The van der Waals surface area contributed by atoms with Gasteiger partial charge in [0.1, 0.15) is 11.8 Å². The minimum atomic E-state index is -1.09. The predicted octanol–water partition coefficient (Wildman–Crippen LogP) is 0.154. The number of ether oxygens (including phenoxy) is 1. The van der Waals surface area contributed by atoms with Gasteiger partial charge in [0.15, 0.2) is 0 Å². The number of carboxylic acids is 1. The lowest BCUT2D eigenvalue weighted by molar-refractivity contribution is -0.141. The number of nitrogens with two attached hydrogens (primary N) is 1. The molecule has 2 atom stereocenters. The first-order valence-electron chi connectivity index (χ1n) is 5.85. The van der Waals surface area contributed by atoms with Crippen LogP contribution in [-0.2, 0) is 16.0 Å². The van der Waals surface area contributed by atoms with Gasteiger partial charge in [-0.1, -0.05) is 12.1 Å². The molecule has 0 radical (unpaired) electrons.